The SMILES string of the molecule is Cc1cc(C2(C(=O)O)CCCC2)ccc1S(C)(=O)=O. The van der Waals surface area contributed by atoms with Crippen LogP contribution < -0.4 is 0 Å². The van der Waals surface area contributed by atoms with Crippen molar-refractivity contribution in [2.24, 2.45) is 0 Å². The van der Waals surface area contributed by atoms with Gasteiger partial charge in [0.1, 0.15) is 0 Å². The highest BCUT2D eigenvalue weighted by Crippen LogP contribution is 2.42. The Morgan fingerprint density at radius 1 is 1.26 bits per heavy atom. The summed E-state index contributed by atoms with van der Waals surface area (Å²) in [4.78, 5) is 11.9. The van der Waals surface area contributed by atoms with E-state index < -0.39 is 21.2 Å². The van der Waals surface area contributed by atoms with Gasteiger partial charge in [0.05, 0.1) is 10.3 Å². The van der Waals surface area contributed by atoms with Crippen molar-refractivity contribution in [1.82, 2.24) is 0 Å². The van der Waals surface area contributed by atoms with Gasteiger partial charge in [-0.3, -0.25) is 4.79 Å². The molecular formula is C14H18O4S. The fraction of sp³-hybridized carbons (Fsp3) is 0.500. The monoisotopic (exact) mass is 282 g/mol. The number of rotatable bonds is 3. The summed E-state index contributed by atoms with van der Waals surface area (Å²) in [5, 5.41) is 9.52. The quantitative estimate of drug-likeness (QED) is 0.923. The standard InChI is InChI=1S/C14H18O4S/c1-10-9-11(5-6-12(10)19(2,17)18)14(13(15)16)7-3-4-8-14/h5-6,9H,3-4,7-8H2,1-2H3,(H,15,16). The molecule has 0 heterocycles. The maximum absolute atomic E-state index is 11.6. The van der Waals surface area contributed by atoms with E-state index in [9.17, 15) is 18.3 Å². The Balaban J connectivity index is 2.53. The van der Waals surface area contributed by atoms with E-state index >= 15 is 0 Å². The first kappa shape index (κ1) is 14.1. The van der Waals surface area contributed by atoms with E-state index in [0.29, 0.717) is 18.4 Å². The van der Waals surface area contributed by atoms with E-state index in [1.165, 1.54) is 6.07 Å². The van der Waals surface area contributed by atoms with E-state index in [1.54, 1.807) is 19.1 Å². The van der Waals surface area contributed by atoms with Gasteiger partial charge in [0, 0.05) is 6.26 Å². The van der Waals surface area contributed by atoms with Crippen LogP contribution >= 0.6 is 0 Å². The largest absolute Gasteiger partial charge is 0.481 e. The topological polar surface area (TPSA) is 71.4 Å². The van der Waals surface area contributed by atoms with Crippen molar-refractivity contribution in [2.75, 3.05) is 6.26 Å². The van der Waals surface area contributed by atoms with Crippen LogP contribution in [0.25, 0.3) is 0 Å². The zero-order valence-corrected chi connectivity index (χ0v) is 12.0. The lowest BCUT2D eigenvalue weighted by molar-refractivity contribution is -0.143. The molecule has 0 aliphatic heterocycles. The lowest BCUT2D eigenvalue weighted by Crippen LogP contribution is -2.32. The Morgan fingerprint density at radius 3 is 2.26 bits per heavy atom. The maximum atomic E-state index is 11.6. The number of aryl methyl sites for hydroxylation is 1. The molecule has 1 aromatic carbocycles. The predicted octanol–water partition coefficient (Wildman–Crippen LogP) is 2.29. The number of aliphatic carboxylic acids is 1. The Bertz CT molecular complexity index is 610. The second-order valence-electron chi connectivity index (χ2n) is 5.35. The highest BCUT2D eigenvalue weighted by Gasteiger charge is 2.43. The summed E-state index contributed by atoms with van der Waals surface area (Å²) in [6.07, 6.45) is 4.22. The first-order valence-electron chi connectivity index (χ1n) is 6.32. The molecule has 1 fully saturated rings. The molecule has 4 nitrogen and oxygen atoms in total. The third kappa shape index (κ3) is 2.39. The van der Waals surface area contributed by atoms with Gasteiger partial charge in [-0.2, -0.15) is 0 Å². The number of carboxylic acids is 1. The summed E-state index contributed by atoms with van der Waals surface area (Å²) in [5.74, 6) is -0.809. The van der Waals surface area contributed by atoms with Crippen LogP contribution in [0, 0.1) is 6.92 Å². The van der Waals surface area contributed by atoms with Gasteiger partial charge in [0.2, 0.25) is 0 Å². The number of carboxylic acid groups (broad SMARTS) is 1. The van der Waals surface area contributed by atoms with E-state index in [4.69, 9.17) is 0 Å². The summed E-state index contributed by atoms with van der Waals surface area (Å²) < 4.78 is 23.2. The van der Waals surface area contributed by atoms with Crippen molar-refractivity contribution in [3.05, 3.63) is 29.3 Å². The molecule has 0 aromatic heterocycles. The zero-order valence-electron chi connectivity index (χ0n) is 11.1. The molecule has 1 aliphatic carbocycles. The molecule has 5 heteroatoms. The molecule has 1 saturated carbocycles. The molecular weight excluding hydrogens is 264 g/mol. The lowest BCUT2D eigenvalue weighted by atomic mass is 9.78. The van der Waals surface area contributed by atoms with Gasteiger partial charge in [-0.15, -0.1) is 0 Å². The lowest BCUT2D eigenvalue weighted by Gasteiger charge is -2.25. The highest BCUT2D eigenvalue weighted by molar-refractivity contribution is 7.90. The second-order valence-corrected chi connectivity index (χ2v) is 7.33. The minimum Gasteiger partial charge on any atom is -0.481 e. The molecule has 104 valence electrons. The summed E-state index contributed by atoms with van der Waals surface area (Å²) in [6, 6.07) is 4.90. The molecule has 0 spiro atoms. The molecule has 0 saturated heterocycles. The van der Waals surface area contributed by atoms with Gasteiger partial charge < -0.3 is 5.11 Å². The fourth-order valence-electron chi connectivity index (χ4n) is 2.97. The second kappa shape index (κ2) is 4.63. The van der Waals surface area contributed by atoms with Crippen molar-refractivity contribution in [3.8, 4) is 0 Å². The molecule has 0 bridgehead atoms. The van der Waals surface area contributed by atoms with Crippen LogP contribution in [-0.2, 0) is 20.0 Å². The normalized spacial score (nSPS) is 18.4. The van der Waals surface area contributed by atoms with E-state index in [2.05, 4.69) is 0 Å². The number of hydrogen-bond acceptors (Lipinski definition) is 3. The van der Waals surface area contributed by atoms with Gasteiger partial charge in [0.15, 0.2) is 9.84 Å². The molecule has 0 radical (unpaired) electrons. The molecule has 0 atom stereocenters. The number of benzene rings is 1. The van der Waals surface area contributed by atoms with Crippen LogP contribution in [0.4, 0.5) is 0 Å². The summed E-state index contributed by atoms with van der Waals surface area (Å²) in [5.41, 5.74) is 0.510. The Morgan fingerprint density at radius 2 is 1.84 bits per heavy atom. The van der Waals surface area contributed by atoms with Crippen LogP contribution in [-0.4, -0.2) is 25.7 Å². The van der Waals surface area contributed by atoms with Crippen molar-refractivity contribution in [3.63, 3.8) is 0 Å². The van der Waals surface area contributed by atoms with Gasteiger partial charge in [0.25, 0.3) is 0 Å². The summed E-state index contributed by atoms with van der Waals surface area (Å²) >= 11 is 0. The van der Waals surface area contributed by atoms with E-state index in [0.717, 1.165) is 24.7 Å². The predicted molar refractivity (Wildman–Crippen MR) is 72.1 cm³/mol. The molecule has 1 N–H and O–H groups in total. The number of hydrogen-bond donors (Lipinski definition) is 1. The molecule has 19 heavy (non-hydrogen) atoms. The minimum atomic E-state index is -3.26. The minimum absolute atomic E-state index is 0.273. The summed E-state index contributed by atoms with van der Waals surface area (Å²) in [7, 11) is -3.26. The van der Waals surface area contributed by atoms with Gasteiger partial charge >= 0.3 is 5.97 Å². The number of carbonyl (C=O) groups is 1. The molecule has 0 unspecified atom stereocenters. The first-order valence-corrected chi connectivity index (χ1v) is 8.21. The Hall–Kier alpha value is -1.36. The van der Waals surface area contributed by atoms with Crippen molar-refractivity contribution < 1.29 is 18.3 Å². The van der Waals surface area contributed by atoms with Crippen LogP contribution in [0.15, 0.2) is 23.1 Å². The van der Waals surface area contributed by atoms with Crippen LogP contribution in [0.3, 0.4) is 0 Å². The molecule has 0 amide bonds. The van der Waals surface area contributed by atoms with Crippen LogP contribution in [0.5, 0.6) is 0 Å². The third-order valence-corrected chi connectivity index (χ3v) is 5.25. The first-order chi connectivity index (χ1) is 8.77. The number of sulfone groups is 1. The fourth-order valence-corrected chi connectivity index (χ4v) is 3.93. The van der Waals surface area contributed by atoms with E-state index in [-0.39, 0.29) is 4.90 Å². The van der Waals surface area contributed by atoms with Crippen molar-refractivity contribution in [2.45, 2.75) is 42.9 Å². The Labute approximate surface area is 113 Å². The molecule has 2 rings (SSSR count). The Kier molecular flexibility index (Phi) is 3.43. The molecule has 1 aromatic rings. The van der Waals surface area contributed by atoms with E-state index in [1.807, 2.05) is 0 Å². The maximum Gasteiger partial charge on any atom is 0.314 e. The average Bonchev–Trinajstić information content (AvgIpc) is 2.77. The van der Waals surface area contributed by atoms with Gasteiger partial charge in [-0.1, -0.05) is 25.0 Å². The average molecular weight is 282 g/mol. The highest BCUT2D eigenvalue weighted by atomic mass is 32.2. The van der Waals surface area contributed by atoms with Crippen molar-refractivity contribution in [1.29, 1.82) is 0 Å². The zero-order chi connectivity index (χ0) is 14.3. The smallest absolute Gasteiger partial charge is 0.314 e. The van der Waals surface area contributed by atoms with Crippen molar-refractivity contribution >= 4 is 15.8 Å². The molecule has 1 aliphatic rings. The van der Waals surface area contributed by atoms with Crippen LogP contribution in [0.2, 0.25) is 0 Å². The van der Waals surface area contributed by atoms with Gasteiger partial charge in [-0.25, -0.2) is 8.42 Å². The summed E-state index contributed by atoms with van der Waals surface area (Å²) in [6.45, 7) is 1.71. The third-order valence-electron chi connectivity index (χ3n) is 3.99. The van der Waals surface area contributed by atoms with Crippen LogP contribution in [0.1, 0.15) is 36.8 Å². The van der Waals surface area contributed by atoms with Gasteiger partial charge in [-0.05, 0) is 37.0 Å².